The molecule has 0 unspecified atom stereocenters. The molecule has 1 fully saturated rings. The standard InChI is InChI=1S/C21H25ClN4O4/c1-14-10-15(24-23-14)13-25(2)18(27)11-21(16-6-4-5-7-17(16)22)12-19(28)26(20(21)29)8-9-30-3/h4-7,10H,8-9,11-13H2,1-3H3,(H,23,24)/t21-/m1/s1. The van der Waals surface area contributed by atoms with Crippen LogP contribution < -0.4 is 0 Å². The molecule has 0 aliphatic carbocycles. The number of H-pyrrole nitrogens is 1. The monoisotopic (exact) mass is 432 g/mol. The van der Waals surface area contributed by atoms with Crippen LogP contribution in [0.2, 0.25) is 5.02 Å². The second kappa shape index (κ2) is 8.97. The Bertz CT molecular complexity index is 960. The van der Waals surface area contributed by atoms with Crippen molar-refractivity contribution >= 4 is 29.3 Å². The molecule has 8 nitrogen and oxygen atoms in total. The number of aryl methyl sites for hydroxylation is 1. The Kier molecular flexibility index (Phi) is 6.58. The molecule has 0 bridgehead atoms. The first kappa shape index (κ1) is 22.0. The van der Waals surface area contributed by atoms with E-state index in [2.05, 4.69) is 10.2 Å². The molecule has 1 aromatic carbocycles. The van der Waals surface area contributed by atoms with Crippen molar-refractivity contribution in [3.05, 3.63) is 52.3 Å². The summed E-state index contributed by atoms with van der Waals surface area (Å²) >= 11 is 6.41. The molecule has 3 rings (SSSR count). The number of hydrogen-bond acceptors (Lipinski definition) is 5. The lowest BCUT2D eigenvalue weighted by atomic mass is 9.75. The van der Waals surface area contributed by atoms with E-state index in [0.717, 1.165) is 10.6 Å². The lowest BCUT2D eigenvalue weighted by Gasteiger charge is -2.29. The lowest BCUT2D eigenvalue weighted by Crippen LogP contribution is -2.43. The quantitative estimate of drug-likeness (QED) is 0.644. The Labute approximate surface area is 180 Å². The van der Waals surface area contributed by atoms with E-state index in [1.807, 2.05) is 13.0 Å². The van der Waals surface area contributed by atoms with Gasteiger partial charge in [-0.05, 0) is 24.6 Å². The molecule has 1 aromatic heterocycles. The molecule has 0 saturated carbocycles. The van der Waals surface area contributed by atoms with Crippen LogP contribution in [0.3, 0.4) is 0 Å². The fourth-order valence-electron chi connectivity index (χ4n) is 3.78. The topological polar surface area (TPSA) is 95.6 Å². The predicted octanol–water partition coefficient (Wildman–Crippen LogP) is 2.06. The van der Waals surface area contributed by atoms with Gasteiger partial charge < -0.3 is 9.64 Å². The van der Waals surface area contributed by atoms with Crippen LogP contribution in [0.4, 0.5) is 0 Å². The number of methoxy groups -OCH3 is 1. The van der Waals surface area contributed by atoms with Crippen LogP contribution in [0.15, 0.2) is 30.3 Å². The number of nitrogens with zero attached hydrogens (tertiary/aromatic N) is 3. The first-order chi connectivity index (χ1) is 14.3. The number of ether oxygens (including phenoxy) is 1. The van der Waals surface area contributed by atoms with E-state index < -0.39 is 11.3 Å². The molecule has 2 aromatic rings. The second-order valence-electron chi connectivity index (χ2n) is 7.55. The number of likely N-dealkylation sites (tertiary alicyclic amines) is 1. The molecule has 160 valence electrons. The Hall–Kier alpha value is -2.71. The highest BCUT2D eigenvalue weighted by Crippen LogP contribution is 2.43. The van der Waals surface area contributed by atoms with Gasteiger partial charge >= 0.3 is 0 Å². The summed E-state index contributed by atoms with van der Waals surface area (Å²) in [6.07, 6.45) is -0.273. The van der Waals surface area contributed by atoms with Crippen LogP contribution in [0.1, 0.15) is 29.8 Å². The molecular formula is C21H25ClN4O4. The maximum Gasteiger partial charge on any atom is 0.241 e. The summed E-state index contributed by atoms with van der Waals surface area (Å²) in [6, 6.07) is 8.72. The van der Waals surface area contributed by atoms with Gasteiger partial charge in [-0.15, -0.1) is 0 Å². The molecule has 0 radical (unpaired) electrons. The SMILES string of the molecule is COCCN1C(=O)C[C@](CC(=O)N(C)Cc2cc(C)[nH]n2)(c2ccccc2Cl)C1=O. The van der Waals surface area contributed by atoms with E-state index in [-0.39, 0.29) is 44.4 Å². The van der Waals surface area contributed by atoms with Gasteiger partial charge in [0, 0.05) is 37.7 Å². The Morgan fingerprint density at radius 1 is 1.37 bits per heavy atom. The van der Waals surface area contributed by atoms with Crippen LogP contribution in [-0.4, -0.2) is 65.0 Å². The van der Waals surface area contributed by atoms with Crippen LogP contribution >= 0.6 is 11.6 Å². The molecule has 1 aliphatic heterocycles. The van der Waals surface area contributed by atoms with E-state index in [4.69, 9.17) is 16.3 Å². The minimum Gasteiger partial charge on any atom is -0.383 e. The summed E-state index contributed by atoms with van der Waals surface area (Å²) in [5, 5.41) is 7.34. The predicted molar refractivity (Wildman–Crippen MR) is 111 cm³/mol. The van der Waals surface area contributed by atoms with Gasteiger partial charge in [0.15, 0.2) is 0 Å². The number of halogens is 1. The molecule has 0 spiro atoms. The number of carbonyl (C=O) groups is 3. The molecule has 1 saturated heterocycles. The van der Waals surface area contributed by atoms with Gasteiger partial charge in [0.05, 0.1) is 30.8 Å². The summed E-state index contributed by atoms with van der Waals surface area (Å²) in [7, 11) is 3.15. The van der Waals surface area contributed by atoms with Crippen LogP contribution in [0.25, 0.3) is 0 Å². The number of amides is 3. The molecule has 1 N–H and O–H groups in total. The maximum absolute atomic E-state index is 13.4. The zero-order valence-electron chi connectivity index (χ0n) is 17.3. The zero-order valence-corrected chi connectivity index (χ0v) is 18.0. The van der Waals surface area contributed by atoms with Crippen molar-refractivity contribution in [3.63, 3.8) is 0 Å². The molecular weight excluding hydrogens is 408 g/mol. The summed E-state index contributed by atoms with van der Waals surface area (Å²) in [5.74, 6) is -1.03. The van der Waals surface area contributed by atoms with E-state index in [1.54, 1.807) is 31.3 Å². The van der Waals surface area contributed by atoms with Gasteiger partial charge in [-0.25, -0.2) is 0 Å². The largest absolute Gasteiger partial charge is 0.383 e. The van der Waals surface area contributed by atoms with E-state index in [0.29, 0.717) is 16.3 Å². The van der Waals surface area contributed by atoms with Crippen LogP contribution in [0, 0.1) is 6.92 Å². The Morgan fingerprint density at radius 3 is 2.73 bits per heavy atom. The van der Waals surface area contributed by atoms with Crippen molar-refractivity contribution < 1.29 is 19.1 Å². The lowest BCUT2D eigenvalue weighted by molar-refractivity contribution is -0.143. The van der Waals surface area contributed by atoms with Crippen molar-refractivity contribution in [2.75, 3.05) is 27.3 Å². The maximum atomic E-state index is 13.4. The van der Waals surface area contributed by atoms with Gasteiger partial charge in [0.25, 0.3) is 0 Å². The third kappa shape index (κ3) is 4.24. The Morgan fingerprint density at radius 2 is 2.10 bits per heavy atom. The van der Waals surface area contributed by atoms with Crippen molar-refractivity contribution in [2.24, 2.45) is 0 Å². The Balaban J connectivity index is 1.91. The van der Waals surface area contributed by atoms with Crippen molar-refractivity contribution in [1.82, 2.24) is 20.0 Å². The number of imide groups is 1. The molecule has 2 heterocycles. The highest BCUT2D eigenvalue weighted by atomic mass is 35.5. The first-order valence-corrected chi connectivity index (χ1v) is 10.00. The highest BCUT2D eigenvalue weighted by molar-refractivity contribution is 6.32. The summed E-state index contributed by atoms with van der Waals surface area (Å²) < 4.78 is 5.03. The van der Waals surface area contributed by atoms with Crippen LogP contribution in [0.5, 0.6) is 0 Å². The highest BCUT2D eigenvalue weighted by Gasteiger charge is 2.54. The number of carbonyl (C=O) groups excluding carboxylic acids is 3. The molecule has 1 aliphatic rings. The van der Waals surface area contributed by atoms with E-state index in [1.165, 1.54) is 12.0 Å². The summed E-state index contributed by atoms with van der Waals surface area (Å²) in [5.41, 5.74) is 0.757. The van der Waals surface area contributed by atoms with Crippen molar-refractivity contribution in [2.45, 2.75) is 31.7 Å². The average Bonchev–Trinajstić information content (AvgIpc) is 3.21. The number of aromatic amines is 1. The molecule has 30 heavy (non-hydrogen) atoms. The molecule has 9 heteroatoms. The van der Waals surface area contributed by atoms with Crippen LogP contribution in [-0.2, 0) is 31.1 Å². The average molecular weight is 433 g/mol. The zero-order chi connectivity index (χ0) is 21.9. The fraction of sp³-hybridized carbons (Fsp3) is 0.429. The normalized spacial score (nSPS) is 18.9. The van der Waals surface area contributed by atoms with E-state index >= 15 is 0 Å². The number of rotatable bonds is 8. The molecule has 1 atom stereocenters. The van der Waals surface area contributed by atoms with Gasteiger partial charge in [-0.1, -0.05) is 29.8 Å². The fourth-order valence-corrected chi connectivity index (χ4v) is 4.10. The number of aromatic nitrogens is 2. The van der Waals surface area contributed by atoms with Crippen molar-refractivity contribution in [3.8, 4) is 0 Å². The van der Waals surface area contributed by atoms with Gasteiger partial charge in [-0.3, -0.25) is 24.4 Å². The van der Waals surface area contributed by atoms with Gasteiger partial charge in [0.2, 0.25) is 17.7 Å². The smallest absolute Gasteiger partial charge is 0.241 e. The van der Waals surface area contributed by atoms with E-state index in [9.17, 15) is 14.4 Å². The summed E-state index contributed by atoms with van der Waals surface area (Å²) in [6.45, 7) is 2.53. The molecule has 3 amide bonds. The number of benzene rings is 1. The third-order valence-corrected chi connectivity index (χ3v) is 5.68. The van der Waals surface area contributed by atoms with Gasteiger partial charge in [0.1, 0.15) is 0 Å². The number of hydrogen-bond donors (Lipinski definition) is 1. The first-order valence-electron chi connectivity index (χ1n) is 9.62. The number of nitrogens with one attached hydrogen (secondary N) is 1. The second-order valence-corrected chi connectivity index (χ2v) is 7.96. The minimum absolute atomic E-state index is 0.111. The minimum atomic E-state index is -1.34. The van der Waals surface area contributed by atoms with Crippen molar-refractivity contribution in [1.29, 1.82) is 0 Å². The third-order valence-electron chi connectivity index (χ3n) is 5.35. The van der Waals surface area contributed by atoms with Gasteiger partial charge in [-0.2, -0.15) is 5.10 Å². The summed E-state index contributed by atoms with van der Waals surface area (Å²) in [4.78, 5) is 41.9.